The van der Waals surface area contributed by atoms with E-state index in [0.717, 1.165) is 42.3 Å². The van der Waals surface area contributed by atoms with Gasteiger partial charge in [-0.3, -0.25) is 4.90 Å². The highest BCUT2D eigenvalue weighted by Crippen LogP contribution is 2.17. The average Bonchev–Trinajstić information content (AvgIpc) is 3.01. The molecular weight excluding hydrogens is 360 g/mol. The van der Waals surface area contributed by atoms with Gasteiger partial charge >= 0.3 is 0 Å². The molecule has 0 aliphatic carbocycles. The lowest BCUT2D eigenvalue weighted by Crippen LogP contribution is -2.51. The molecule has 7 nitrogen and oxygen atoms in total. The summed E-state index contributed by atoms with van der Waals surface area (Å²) in [5, 5.41) is 6.74. The first-order valence-corrected chi connectivity index (χ1v) is 8.46. The number of nitrogens with one attached hydrogen (secondary N) is 1. The zero-order chi connectivity index (χ0) is 16.2. The van der Waals surface area contributed by atoms with Crippen molar-refractivity contribution in [1.29, 1.82) is 0 Å². The molecule has 124 valence electrons. The summed E-state index contributed by atoms with van der Waals surface area (Å²) < 4.78 is 6.93. The number of aromatic amines is 1. The third-order valence-electron chi connectivity index (χ3n) is 4.03. The van der Waals surface area contributed by atoms with E-state index in [1.54, 1.807) is 0 Å². The fourth-order valence-corrected chi connectivity index (χ4v) is 2.90. The molecule has 3 N–H and O–H groups in total. The highest BCUT2D eigenvalue weighted by atomic mass is 79.9. The van der Waals surface area contributed by atoms with E-state index in [4.69, 9.17) is 10.5 Å². The number of aromatic nitrogens is 3. The maximum Gasteiger partial charge on any atom is 0.241 e. The number of benzene rings is 1. The second-order valence-electron chi connectivity index (χ2n) is 5.65. The quantitative estimate of drug-likeness (QED) is 0.821. The van der Waals surface area contributed by atoms with Gasteiger partial charge in [-0.2, -0.15) is 4.98 Å². The summed E-state index contributed by atoms with van der Waals surface area (Å²) in [5.74, 6) is 1.94. The normalized spacial score (nSPS) is 17.2. The van der Waals surface area contributed by atoms with Crippen LogP contribution >= 0.6 is 15.9 Å². The number of piperazine rings is 1. The number of hydrogen-bond acceptors (Lipinski definition) is 6. The van der Waals surface area contributed by atoms with Crippen LogP contribution < -0.4 is 15.4 Å². The molecule has 2 heterocycles. The second kappa shape index (κ2) is 7.18. The molecule has 2 aromatic rings. The summed E-state index contributed by atoms with van der Waals surface area (Å²) in [6.07, 6.45) is 0. The molecule has 0 amide bonds. The van der Waals surface area contributed by atoms with Crippen LogP contribution in [0.15, 0.2) is 28.7 Å². The Morgan fingerprint density at radius 2 is 1.96 bits per heavy atom. The van der Waals surface area contributed by atoms with Crippen LogP contribution in [0.4, 0.5) is 11.9 Å². The lowest BCUT2D eigenvalue weighted by molar-refractivity contribution is 0.139. The van der Waals surface area contributed by atoms with Crippen LogP contribution in [0.1, 0.15) is 6.92 Å². The van der Waals surface area contributed by atoms with E-state index in [2.05, 4.69) is 47.8 Å². The Kier molecular flexibility index (Phi) is 5.02. The van der Waals surface area contributed by atoms with E-state index in [-0.39, 0.29) is 0 Å². The minimum absolute atomic E-state index is 0.290. The zero-order valence-electron chi connectivity index (χ0n) is 13.1. The SMILES string of the molecule is CC(COc1ccc(Br)cc1)N1CCN(c2nc(N)n[nH]2)CC1. The molecule has 1 aromatic heterocycles. The molecule has 3 rings (SSSR count). The van der Waals surface area contributed by atoms with Crippen molar-refractivity contribution in [3.63, 3.8) is 0 Å². The van der Waals surface area contributed by atoms with E-state index in [0.29, 0.717) is 18.6 Å². The predicted octanol–water partition coefficient (Wildman–Crippen LogP) is 1.74. The third-order valence-corrected chi connectivity index (χ3v) is 4.56. The minimum atomic E-state index is 0.290. The van der Waals surface area contributed by atoms with Gasteiger partial charge in [0.1, 0.15) is 12.4 Å². The predicted molar refractivity (Wildman–Crippen MR) is 93.7 cm³/mol. The lowest BCUT2D eigenvalue weighted by Gasteiger charge is -2.37. The van der Waals surface area contributed by atoms with Gasteiger partial charge in [-0.25, -0.2) is 5.10 Å². The monoisotopic (exact) mass is 380 g/mol. The molecule has 8 heteroatoms. The molecule has 1 fully saturated rings. The maximum absolute atomic E-state index is 5.87. The van der Waals surface area contributed by atoms with Crippen LogP contribution in [0.5, 0.6) is 5.75 Å². The second-order valence-corrected chi connectivity index (χ2v) is 6.57. The minimum Gasteiger partial charge on any atom is -0.492 e. The van der Waals surface area contributed by atoms with Crippen molar-refractivity contribution in [3.8, 4) is 5.75 Å². The molecule has 0 radical (unpaired) electrons. The largest absolute Gasteiger partial charge is 0.492 e. The first-order chi connectivity index (χ1) is 11.1. The first kappa shape index (κ1) is 16.1. The Bertz CT molecular complexity index is 623. The third kappa shape index (κ3) is 4.14. The van der Waals surface area contributed by atoms with Gasteiger partial charge in [-0.15, -0.1) is 5.10 Å². The Labute approximate surface area is 143 Å². The van der Waals surface area contributed by atoms with Crippen molar-refractivity contribution >= 4 is 27.8 Å². The van der Waals surface area contributed by atoms with E-state index < -0.39 is 0 Å². The van der Waals surface area contributed by atoms with Crippen LogP contribution in [-0.4, -0.2) is 58.9 Å². The molecule has 1 aromatic carbocycles. The standard InChI is InChI=1S/C15H21BrN6O/c1-11(10-23-13-4-2-12(16)3-5-13)21-6-8-22(9-7-21)15-18-14(17)19-20-15/h2-5,11H,6-10H2,1H3,(H3,17,18,19,20). The maximum atomic E-state index is 5.87. The zero-order valence-corrected chi connectivity index (χ0v) is 14.7. The smallest absolute Gasteiger partial charge is 0.241 e. The van der Waals surface area contributed by atoms with Gasteiger partial charge in [0.25, 0.3) is 0 Å². The van der Waals surface area contributed by atoms with Gasteiger partial charge in [0.2, 0.25) is 11.9 Å². The van der Waals surface area contributed by atoms with Crippen molar-refractivity contribution in [2.24, 2.45) is 0 Å². The summed E-state index contributed by atoms with van der Waals surface area (Å²) in [5.41, 5.74) is 5.55. The molecule has 1 aliphatic rings. The van der Waals surface area contributed by atoms with Crippen molar-refractivity contribution < 1.29 is 4.74 Å². The molecule has 0 bridgehead atoms. The number of nitrogen functional groups attached to an aromatic ring is 1. The van der Waals surface area contributed by atoms with Gasteiger partial charge in [-0.05, 0) is 31.2 Å². The van der Waals surface area contributed by atoms with Crippen LogP contribution in [-0.2, 0) is 0 Å². The van der Waals surface area contributed by atoms with Crippen LogP contribution in [0.3, 0.4) is 0 Å². The number of hydrogen-bond donors (Lipinski definition) is 2. The Hall–Kier alpha value is -1.80. The topological polar surface area (TPSA) is 83.3 Å². The van der Waals surface area contributed by atoms with Crippen molar-refractivity contribution in [3.05, 3.63) is 28.7 Å². The molecular formula is C15H21BrN6O. The first-order valence-electron chi connectivity index (χ1n) is 7.67. The summed E-state index contributed by atoms with van der Waals surface area (Å²) in [6.45, 7) is 6.60. The number of nitrogens with zero attached hydrogens (tertiary/aromatic N) is 4. The van der Waals surface area contributed by atoms with Crippen molar-refractivity contribution in [1.82, 2.24) is 20.1 Å². The number of rotatable bonds is 5. The van der Waals surface area contributed by atoms with Gasteiger partial charge < -0.3 is 15.4 Å². The summed E-state index contributed by atoms with van der Waals surface area (Å²) in [6, 6.07) is 8.29. The summed E-state index contributed by atoms with van der Waals surface area (Å²) >= 11 is 3.43. The number of nitrogens with two attached hydrogens (primary N) is 1. The van der Waals surface area contributed by atoms with Crippen LogP contribution in [0, 0.1) is 0 Å². The highest BCUT2D eigenvalue weighted by molar-refractivity contribution is 9.10. The summed E-state index contributed by atoms with van der Waals surface area (Å²) in [4.78, 5) is 8.77. The molecule has 0 saturated carbocycles. The Morgan fingerprint density at radius 3 is 2.57 bits per heavy atom. The fraction of sp³-hybridized carbons (Fsp3) is 0.467. The Balaban J connectivity index is 1.46. The molecule has 1 atom stereocenters. The Morgan fingerprint density at radius 1 is 1.26 bits per heavy atom. The number of ether oxygens (including phenoxy) is 1. The number of halogens is 1. The number of anilines is 2. The van der Waals surface area contributed by atoms with E-state index in [1.807, 2.05) is 24.3 Å². The number of H-pyrrole nitrogens is 1. The van der Waals surface area contributed by atoms with Crippen molar-refractivity contribution in [2.45, 2.75) is 13.0 Å². The van der Waals surface area contributed by atoms with Crippen molar-refractivity contribution in [2.75, 3.05) is 43.4 Å². The van der Waals surface area contributed by atoms with E-state index in [1.165, 1.54) is 0 Å². The molecule has 1 aliphatic heterocycles. The molecule has 0 spiro atoms. The van der Waals surface area contributed by atoms with Gasteiger partial charge in [0.05, 0.1) is 0 Å². The lowest BCUT2D eigenvalue weighted by atomic mass is 10.2. The molecule has 1 unspecified atom stereocenters. The van der Waals surface area contributed by atoms with E-state index >= 15 is 0 Å². The highest BCUT2D eigenvalue weighted by Gasteiger charge is 2.23. The van der Waals surface area contributed by atoms with E-state index in [9.17, 15) is 0 Å². The average molecular weight is 381 g/mol. The summed E-state index contributed by atoms with van der Waals surface area (Å²) in [7, 11) is 0. The van der Waals surface area contributed by atoms with Gasteiger partial charge in [0.15, 0.2) is 0 Å². The molecule has 1 saturated heterocycles. The van der Waals surface area contributed by atoms with Gasteiger partial charge in [-0.1, -0.05) is 15.9 Å². The molecule has 23 heavy (non-hydrogen) atoms. The fourth-order valence-electron chi connectivity index (χ4n) is 2.63. The van der Waals surface area contributed by atoms with Crippen LogP contribution in [0.2, 0.25) is 0 Å². The van der Waals surface area contributed by atoms with Gasteiger partial charge in [0, 0.05) is 36.7 Å². The van der Waals surface area contributed by atoms with Crippen LogP contribution in [0.25, 0.3) is 0 Å².